The van der Waals surface area contributed by atoms with Crippen LogP contribution in [0.25, 0.3) is 0 Å². The molecule has 0 aliphatic heterocycles. The Morgan fingerprint density at radius 2 is 2.07 bits per heavy atom. The van der Waals surface area contributed by atoms with E-state index in [1.165, 1.54) is 25.7 Å². The van der Waals surface area contributed by atoms with E-state index in [1.807, 2.05) is 0 Å². The van der Waals surface area contributed by atoms with Gasteiger partial charge in [0, 0.05) is 0 Å². The molecule has 0 spiro atoms. The van der Waals surface area contributed by atoms with E-state index in [2.05, 4.69) is 19.3 Å². The lowest BCUT2D eigenvalue weighted by molar-refractivity contribution is -0.121. The number of amides is 1. The van der Waals surface area contributed by atoms with Gasteiger partial charge in [0.05, 0.1) is 5.25 Å². The fourth-order valence-electron chi connectivity index (χ4n) is 2.07. The molecule has 0 heterocycles. The van der Waals surface area contributed by atoms with Crippen molar-refractivity contribution < 1.29 is 4.79 Å². The number of hydrogen-bond donors (Lipinski definition) is 2. The maximum atomic E-state index is 11.5. The van der Waals surface area contributed by atoms with Crippen LogP contribution in [0.3, 0.4) is 0 Å². The van der Waals surface area contributed by atoms with Crippen LogP contribution in [-0.4, -0.2) is 16.9 Å². The van der Waals surface area contributed by atoms with Gasteiger partial charge in [-0.05, 0) is 30.4 Å². The summed E-state index contributed by atoms with van der Waals surface area (Å²) in [7, 11) is 0. The highest BCUT2D eigenvalue weighted by molar-refractivity contribution is 8.00. The summed E-state index contributed by atoms with van der Waals surface area (Å²) in [5, 5.41) is 0.00981. The van der Waals surface area contributed by atoms with Gasteiger partial charge < -0.3 is 0 Å². The first-order valence-electron chi connectivity index (χ1n) is 5.77. The molecule has 0 radical (unpaired) electrons. The van der Waals surface area contributed by atoms with Gasteiger partial charge in [0.1, 0.15) is 0 Å². The molecule has 15 heavy (non-hydrogen) atoms. The van der Waals surface area contributed by atoms with Gasteiger partial charge in [0.15, 0.2) is 0 Å². The first kappa shape index (κ1) is 12.8. The van der Waals surface area contributed by atoms with Crippen LogP contribution in [0, 0.1) is 11.8 Å². The van der Waals surface area contributed by atoms with Crippen molar-refractivity contribution in [1.82, 2.24) is 5.43 Å². The Morgan fingerprint density at radius 1 is 1.47 bits per heavy atom. The topological polar surface area (TPSA) is 55.1 Å². The van der Waals surface area contributed by atoms with Crippen LogP contribution in [0.4, 0.5) is 0 Å². The van der Waals surface area contributed by atoms with Crippen LogP contribution in [0.1, 0.15) is 39.5 Å². The Hall–Kier alpha value is -0.220. The van der Waals surface area contributed by atoms with Crippen molar-refractivity contribution in [3.63, 3.8) is 0 Å². The average Bonchev–Trinajstić information content (AvgIpc) is 2.70. The summed E-state index contributed by atoms with van der Waals surface area (Å²) in [4.78, 5) is 11.5. The molecule has 0 aromatic heterocycles. The van der Waals surface area contributed by atoms with E-state index in [4.69, 9.17) is 5.84 Å². The summed E-state index contributed by atoms with van der Waals surface area (Å²) in [5.41, 5.74) is 2.26. The molecule has 4 heteroatoms. The zero-order chi connectivity index (χ0) is 11.3. The minimum absolute atomic E-state index is 0.00981. The fourth-order valence-corrected chi connectivity index (χ4v) is 3.49. The Labute approximate surface area is 96.5 Å². The van der Waals surface area contributed by atoms with E-state index < -0.39 is 0 Å². The average molecular weight is 230 g/mol. The predicted octanol–water partition coefficient (Wildman–Crippen LogP) is 1.92. The van der Waals surface area contributed by atoms with Gasteiger partial charge in [-0.25, -0.2) is 5.84 Å². The molecule has 1 aliphatic rings. The minimum Gasteiger partial charge on any atom is -0.293 e. The number of thioether (sulfide) groups is 1. The third kappa shape index (κ3) is 4.03. The molecule has 88 valence electrons. The van der Waals surface area contributed by atoms with Gasteiger partial charge in [-0.15, -0.1) is 11.8 Å². The van der Waals surface area contributed by atoms with Gasteiger partial charge in [-0.2, -0.15) is 0 Å². The van der Waals surface area contributed by atoms with Crippen molar-refractivity contribution in [2.24, 2.45) is 17.7 Å². The number of rotatable bonds is 5. The van der Waals surface area contributed by atoms with Crippen LogP contribution in [-0.2, 0) is 4.79 Å². The third-order valence-corrected chi connectivity index (χ3v) is 4.77. The lowest BCUT2D eigenvalue weighted by atomic mass is 10.1. The summed E-state index contributed by atoms with van der Waals surface area (Å²) < 4.78 is 0. The van der Waals surface area contributed by atoms with E-state index in [9.17, 15) is 4.79 Å². The Bertz CT molecular complexity index is 203. The van der Waals surface area contributed by atoms with E-state index >= 15 is 0 Å². The van der Waals surface area contributed by atoms with Crippen molar-refractivity contribution in [2.45, 2.75) is 44.8 Å². The number of nitrogens with one attached hydrogen (secondary N) is 1. The van der Waals surface area contributed by atoms with Gasteiger partial charge >= 0.3 is 0 Å². The number of nitrogens with two attached hydrogens (primary N) is 1. The van der Waals surface area contributed by atoms with Crippen molar-refractivity contribution in [3.05, 3.63) is 0 Å². The van der Waals surface area contributed by atoms with Crippen molar-refractivity contribution in [2.75, 3.05) is 5.75 Å². The zero-order valence-corrected chi connectivity index (χ0v) is 10.5. The Morgan fingerprint density at radius 3 is 2.53 bits per heavy atom. The Kier molecular flexibility index (Phi) is 5.47. The molecule has 1 aliphatic carbocycles. The first-order chi connectivity index (χ1) is 7.15. The molecule has 1 saturated carbocycles. The summed E-state index contributed by atoms with van der Waals surface area (Å²) in [5.74, 6) is 7.42. The van der Waals surface area contributed by atoms with Gasteiger partial charge in [-0.1, -0.05) is 26.7 Å². The molecule has 1 unspecified atom stereocenters. The first-order valence-corrected chi connectivity index (χ1v) is 6.82. The smallest absolute Gasteiger partial charge is 0.247 e. The van der Waals surface area contributed by atoms with Crippen LogP contribution < -0.4 is 11.3 Å². The van der Waals surface area contributed by atoms with E-state index in [-0.39, 0.29) is 11.2 Å². The van der Waals surface area contributed by atoms with Crippen LogP contribution in [0.5, 0.6) is 0 Å². The molecule has 1 atom stereocenters. The SMILES string of the molecule is CC(C)C(SCC1CCCC1)C(=O)NN. The zero-order valence-electron chi connectivity index (χ0n) is 9.66. The number of carbonyl (C=O) groups is 1. The maximum Gasteiger partial charge on any atom is 0.247 e. The lowest BCUT2D eigenvalue weighted by Crippen LogP contribution is -2.40. The molecule has 3 nitrogen and oxygen atoms in total. The Balaban J connectivity index is 2.33. The van der Waals surface area contributed by atoms with Crippen molar-refractivity contribution >= 4 is 17.7 Å². The molecule has 1 fully saturated rings. The molecule has 0 saturated heterocycles. The summed E-state index contributed by atoms with van der Waals surface area (Å²) >= 11 is 1.77. The molecule has 0 bridgehead atoms. The molecule has 0 aromatic carbocycles. The maximum absolute atomic E-state index is 11.5. The number of hydrogen-bond acceptors (Lipinski definition) is 3. The van der Waals surface area contributed by atoms with E-state index in [0.29, 0.717) is 5.92 Å². The number of hydrazine groups is 1. The largest absolute Gasteiger partial charge is 0.293 e. The highest BCUT2D eigenvalue weighted by Gasteiger charge is 2.24. The molecule has 1 amide bonds. The summed E-state index contributed by atoms with van der Waals surface area (Å²) in [6, 6.07) is 0. The van der Waals surface area contributed by atoms with E-state index in [1.54, 1.807) is 11.8 Å². The second-order valence-electron chi connectivity index (χ2n) is 4.66. The molecule has 3 N–H and O–H groups in total. The quantitative estimate of drug-likeness (QED) is 0.431. The summed E-state index contributed by atoms with van der Waals surface area (Å²) in [6.45, 7) is 4.14. The van der Waals surface area contributed by atoms with E-state index in [0.717, 1.165) is 11.7 Å². The van der Waals surface area contributed by atoms with Crippen LogP contribution >= 0.6 is 11.8 Å². The van der Waals surface area contributed by atoms with Gasteiger partial charge in [0.25, 0.3) is 0 Å². The molecular formula is C11H22N2OS. The lowest BCUT2D eigenvalue weighted by Gasteiger charge is -2.20. The monoisotopic (exact) mass is 230 g/mol. The van der Waals surface area contributed by atoms with Crippen molar-refractivity contribution in [1.29, 1.82) is 0 Å². The highest BCUT2D eigenvalue weighted by atomic mass is 32.2. The predicted molar refractivity (Wildman–Crippen MR) is 65.4 cm³/mol. The standard InChI is InChI=1S/C11H22N2OS/c1-8(2)10(11(14)13-12)15-7-9-5-3-4-6-9/h8-10H,3-7,12H2,1-2H3,(H,13,14). The minimum atomic E-state index is -0.0343. The molecule has 0 aromatic rings. The normalized spacial score (nSPS) is 19.5. The van der Waals surface area contributed by atoms with Gasteiger partial charge in [-0.3, -0.25) is 10.2 Å². The van der Waals surface area contributed by atoms with Crippen molar-refractivity contribution in [3.8, 4) is 0 Å². The summed E-state index contributed by atoms with van der Waals surface area (Å²) in [6.07, 6.45) is 5.39. The third-order valence-electron chi connectivity index (χ3n) is 2.99. The second kappa shape index (κ2) is 6.38. The van der Waals surface area contributed by atoms with Gasteiger partial charge in [0.2, 0.25) is 5.91 Å². The fraction of sp³-hybridized carbons (Fsp3) is 0.909. The molecule has 1 rings (SSSR count). The highest BCUT2D eigenvalue weighted by Crippen LogP contribution is 2.31. The second-order valence-corrected chi connectivity index (χ2v) is 5.83. The number of carbonyl (C=O) groups excluding carboxylic acids is 1. The molecular weight excluding hydrogens is 208 g/mol. The van der Waals surface area contributed by atoms with Crippen LogP contribution in [0.2, 0.25) is 0 Å². The van der Waals surface area contributed by atoms with Crippen LogP contribution in [0.15, 0.2) is 0 Å².